The highest BCUT2D eigenvalue weighted by Crippen LogP contribution is 2.30. The molecule has 0 radical (unpaired) electrons. The summed E-state index contributed by atoms with van der Waals surface area (Å²) in [4.78, 5) is 23.1. The van der Waals surface area contributed by atoms with Gasteiger partial charge >= 0.3 is 0 Å². The van der Waals surface area contributed by atoms with Gasteiger partial charge in [-0.3, -0.25) is 9.59 Å². The van der Waals surface area contributed by atoms with E-state index in [-0.39, 0.29) is 17.7 Å². The number of carbonyl (C=O) groups excluding carboxylic acids is 2. The highest BCUT2D eigenvalue weighted by atomic mass is 16.2. The number of anilines is 1. The van der Waals surface area contributed by atoms with Crippen molar-refractivity contribution in [2.45, 2.75) is 39.2 Å². The molecule has 4 nitrogen and oxygen atoms in total. The normalized spacial score (nSPS) is 13.9. The molecule has 2 amide bonds. The van der Waals surface area contributed by atoms with Gasteiger partial charge in [0.25, 0.3) is 0 Å². The predicted octanol–water partition coefficient (Wildman–Crippen LogP) is 2.45. The number of benzene rings is 1. The lowest BCUT2D eigenvalue weighted by Crippen LogP contribution is -2.22. The zero-order chi connectivity index (χ0) is 13.7. The van der Waals surface area contributed by atoms with Crippen molar-refractivity contribution >= 4 is 17.5 Å². The molecule has 2 N–H and O–H groups in total. The summed E-state index contributed by atoms with van der Waals surface area (Å²) < 4.78 is 0. The minimum absolute atomic E-state index is 0.0647. The molecule has 1 aromatic carbocycles. The van der Waals surface area contributed by atoms with Gasteiger partial charge in [0.1, 0.15) is 0 Å². The van der Waals surface area contributed by atoms with E-state index >= 15 is 0 Å². The first-order valence-corrected chi connectivity index (χ1v) is 6.85. The Morgan fingerprint density at radius 2 is 2.11 bits per heavy atom. The van der Waals surface area contributed by atoms with Gasteiger partial charge < -0.3 is 10.6 Å². The van der Waals surface area contributed by atoms with Gasteiger partial charge in [-0.25, -0.2) is 0 Å². The Hall–Kier alpha value is -1.84. The standard InChI is InChI=1S/C15H20N2O2/c1-2-4-14(18)16-10-11-5-3-6-13(9-11)17-15(19)12-7-8-12/h3,5-6,9,12H,2,4,7-8,10H2,1H3,(H,16,18)(H,17,19). The number of hydrogen-bond acceptors (Lipinski definition) is 2. The van der Waals surface area contributed by atoms with Crippen LogP contribution in [0.15, 0.2) is 24.3 Å². The summed E-state index contributed by atoms with van der Waals surface area (Å²) in [5.41, 5.74) is 1.80. The first-order chi connectivity index (χ1) is 9.19. The molecule has 4 heteroatoms. The first-order valence-electron chi connectivity index (χ1n) is 6.85. The van der Waals surface area contributed by atoms with Crippen LogP contribution < -0.4 is 10.6 Å². The van der Waals surface area contributed by atoms with E-state index in [2.05, 4.69) is 10.6 Å². The SMILES string of the molecule is CCCC(=O)NCc1cccc(NC(=O)C2CC2)c1. The molecule has 1 fully saturated rings. The molecule has 1 saturated carbocycles. The van der Waals surface area contributed by atoms with Crippen LogP contribution in [0, 0.1) is 5.92 Å². The zero-order valence-corrected chi connectivity index (χ0v) is 11.2. The third-order valence-electron chi connectivity index (χ3n) is 3.11. The van der Waals surface area contributed by atoms with Gasteiger partial charge in [0.15, 0.2) is 0 Å². The van der Waals surface area contributed by atoms with E-state index in [1.807, 2.05) is 31.2 Å². The molecular weight excluding hydrogens is 240 g/mol. The Morgan fingerprint density at radius 3 is 2.79 bits per heavy atom. The molecule has 0 unspecified atom stereocenters. The van der Waals surface area contributed by atoms with E-state index in [0.29, 0.717) is 13.0 Å². The van der Waals surface area contributed by atoms with Crippen molar-refractivity contribution in [2.24, 2.45) is 5.92 Å². The largest absolute Gasteiger partial charge is 0.352 e. The third kappa shape index (κ3) is 4.39. The van der Waals surface area contributed by atoms with Crippen LogP contribution in [0.5, 0.6) is 0 Å². The predicted molar refractivity (Wildman–Crippen MR) is 74.6 cm³/mol. The summed E-state index contributed by atoms with van der Waals surface area (Å²) in [5.74, 6) is 0.370. The van der Waals surface area contributed by atoms with Crippen LogP contribution in [0.25, 0.3) is 0 Å². The Morgan fingerprint density at radius 1 is 1.32 bits per heavy atom. The minimum Gasteiger partial charge on any atom is -0.352 e. The van der Waals surface area contributed by atoms with E-state index in [0.717, 1.165) is 30.5 Å². The monoisotopic (exact) mass is 260 g/mol. The summed E-state index contributed by atoms with van der Waals surface area (Å²) in [6.07, 6.45) is 3.40. The Balaban J connectivity index is 1.87. The second-order valence-corrected chi connectivity index (χ2v) is 4.99. The van der Waals surface area contributed by atoms with E-state index in [1.54, 1.807) is 0 Å². The topological polar surface area (TPSA) is 58.2 Å². The lowest BCUT2D eigenvalue weighted by atomic mass is 10.2. The summed E-state index contributed by atoms with van der Waals surface area (Å²) in [5, 5.41) is 5.77. The molecule has 0 spiro atoms. The quantitative estimate of drug-likeness (QED) is 0.825. The van der Waals surface area contributed by atoms with Crippen LogP contribution in [0.4, 0.5) is 5.69 Å². The third-order valence-corrected chi connectivity index (χ3v) is 3.11. The molecule has 102 valence electrons. The molecule has 0 bridgehead atoms. The highest BCUT2D eigenvalue weighted by molar-refractivity contribution is 5.94. The molecule has 1 aromatic rings. The van der Waals surface area contributed by atoms with E-state index < -0.39 is 0 Å². The van der Waals surface area contributed by atoms with Gasteiger partial charge in [0, 0.05) is 24.6 Å². The highest BCUT2D eigenvalue weighted by Gasteiger charge is 2.29. The zero-order valence-electron chi connectivity index (χ0n) is 11.2. The maximum atomic E-state index is 11.7. The Bertz CT molecular complexity index is 467. The lowest BCUT2D eigenvalue weighted by molar-refractivity contribution is -0.121. The smallest absolute Gasteiger partial charge is 0.227 e. The molecular formula is C15H20N2O2. The second-order valence-electron chi connectivity index (χ2n) is 4.99. The van der Waals surface area contributed by atoms with Gasteiger partial charge in [-0.05, 0) is 37.0 Å². The number of rotatable bonds is 6. The van der Waals surface area contributed by atoms with Crippen molar-refractivity contribution in [3.63, 3.8) is 0 Å². The molecule has 2 rings (SSSR count). The van der Waals surface area contributed by atoms with Gasteiger partial charge in [-0.1, -0.05) is 19.1 Å². The second kappa shape index (κ2) is 6.36. The average molecular weight is 260 g/mol. The van der Waals surface area contributed by atoms with Crippen LogP contribution in [0.3, 0.4) is 0 Å². The number of hydrogen-bond donors (Lipinski definition) is 2. The van der Waals surface area contributed by atoms with E-state index in [9.17, 15) is 9.59 Å². The van der Waals surface area contributed by atoms with Crippen molar-refractivity contribution in [3.8, 4) is 0 Å². The maximum absolute atomic E-state index is 11.7. The number of amides is 2. The molecule has 0 atom stereocenters. The number of carbonyl (C=O) groups is 2. The first kappa shape index (κ1) is 13.6. The summed E-state index contributed by atoms with van der Waals surface area (Å²) in [6, 6.07) is 7.62. The van der Waals surface area contributed by atoms with Crippen molar-refractivity contribution < 1.29 is 9.59 Å². The molecule has 0 heterocycles. The van der Waals surface area contributed by atoms with Gasteiger partial charge in [0.2, 0.25) is 11.8 Å². The summed E-state index contributed by atoms with van der Waals surface area (Å²) in [7, 11) is 0. The van der Waals surface area contributed by atoms with Crippen molar-refractivity contribution in [1.82, 2.24) is 5.32 Å². The fourth-order valence-corrected chi connectivity index (χ4v) is 1.86. The average Bonchev–Trinajstić information content (AvgIpc) is 3.21. The Kier molecular flexibility index (Phi) is 4.55. The van der Waals surface area contributed by atoms with Gasteiger partial charge in [-0.15, -0.1) is 0 Å². The summed E-state index contributed by atoms with van der Waals surface area (Å²) >= 11 is 0. The fraction of sp³-hybridized carbons (Fsp3) is 0.467. The molecule has 1 aliphatic carbocycles. The molecule has 1 aliphatic rings. The Labute approximate surface area is 113 Å². The molecule has 19 heavy (non-hydrogen) atoms. The van der Waals surface area contributed by atoms with E-state index in [1.165, 1.54) is 0 Å². The number of nitrogens with one attached hydrogen (secondary N) is 2. The fourth-order valence-electron chi connectivity index (χ4n) is 1.86. The van der Waals surface area contributed by atoms with Crippen molar-refractivity contribution in [2.75, 3.05) is 5.32 Å². The van der Waals surface area contributed by atoms with Crippen molar-refractivity contribution in [3.05, 3.63) is 29.8 Å². The minimum atomic E-state index is 0.0647. The van der Waals surface area contributed by atoms with Crippen molar-refractivity contribution in [1.29, 1.82) is 0 Å². The van der Waals surface area contributed by atoms with Crippen LogP contribution in [-0.4, -0.2) is 11.8 Å². The van der Waals surface area contributed by atoms with Crippen LogP contribution in [-0.2, 0) is 16.1 Å². The molecule has 0 saturated heterocycles. The lowest BCUT2D eigenvalue weighted by Gasteiger charge is -2.08. The van der Waals surface area contributed by atoms with Gasteiger partial charge in [-0.2, -0.15) is 0 Å². The summed E-state index contributed by atoms with van der Waals surface area (Å²) in [6.45, 7) is 2.49. The van der Waals surface area contributed by atoms with Crippen LogP contribution >= 0.6 is 0 Å². The molecule has 0 aliphatic heterocycles. The van der Waals surface area contributed by atoms with Gasteiger partial charge in [0.05, 0.1) is 0 Å². The maximum Gasteiger partial charge on any atom is 0.227 e. The van der Waals surface area contributed by atoms with Crippen LogP contribution in [0.1, 0.15) is 38.2 Å². The molecule has 0 aromatic heterocycles. The van der Waals surface area contributed by atoms with E-state index in [4.69, 9.17) is 0 Å². The van der Waals surface area contributed by atoms with Crippen LogP contribution in [0.2, 0.25) is 0 Å².